The van der Waals surface area contributed by atoms with E-state index in [0.717, 1.165) is 22.6 Å². The fourth-order valence-electron chi connectivity index (χ4n) is 4.15. The van der Waals surface area contributed by atoms with Crippen molar-refractivity contribution < 1.29 is 22.7 Å². The predicted octanol–water partition coefficient (Wildman–Crippen LogP) is 3.75. The maximum atomic E-state index is 13.1. The number of sulfonamides is 1. The molecule has 0 bridgehead atoms. The van der Waals surface area contributed by atoms with Crippen LogP contribution in [0.3, 0.4) is 0 Å². The standard InChI is InChI=1S/C28H38N4O5S/c1-20-16-25(36-6)17-21(2)28(20)38(34,35)32(5)13-7-14-37-15-12-27(33)29-18-23-8-10-24(11-9-23)26-19-31(4)22(3)30-26/h8-11,16-17,19H,7,12-15,18H2,1-6H3,(H,29,33). The van der Waals surface area contributed by atoms with E-state index in [-0.39, 0.29) is 18.9 Å². The van der Waals surface area contributed by atoms with E-state index in [1.807, 2.05) is 49.0 Å². The van der Waals surface area contributed by atoms with Crippen LogP contribution in [0.5, 0.6) is 5.75 Å². The highest BCUT2D eigenvalue weighted by Crippen LogP contribution is 2.27. The smallest absolute Gasteiger partial charge is 0.243 e. The van der Waals surface area contributed by atoms with Gasteiger partial charge >= 0.3 is 0 Å². The van der Waals surface area contributed by atoms with Gasteiger partial charge in [0, 0.05) is 52.0 Å². The Hall–Kier alpha value is -3.21. The second-order valence-corrected chi connectivity index (χ2v) is 11.4. The zero-order chi connectivity index (χ0) is 27.9. The minimum Gasteiger partial charge on any atom is -0.497 e. The number of methoxy groups -OCH3 is 1. The molecule has 10 heteroatoms. The Labute approximate surface area is 225 Å². The maximum Gasteiger partial charge on any atom is 0.243 e. The van der Waals surface area contributed by atoms with Gasteiger partial charge in [0.2, 0.25) is 15.9 Å². The summed E-state index contributed by atoms with van der Waals surface area (Å²) in [6.07, 6.45) is 2.75. The van der Waals surface area contributed by atoms with Gasteiger partial charge in [0.15, 0.2) is 0 Å². The number of nitrogens with one attached hydrogen (secondary N) is 1. The molecule has 3 aromatic rings. The molecule has 1 N–H and O–H groups in total. The first-order valence-corrected chi connectivity index (χ1v) is 14.0. The Morgan fingerprint density at radius 2 is 1.74 bits per heavy atom. The summed E-state index contributed by atoms with van der Waals surface area (Å²) in [5.74, 6) is 1.49. The average molecular weight is 543 g/mol. The fraction of sp³-hybridized carbons (Fsp3) is 0.429. The van der Waals surface area contributed by atoms with Crippen LogP contribution in [-0.2, 0) is 33.1 Å². The molecular weight excluding hydrogens is 504 g/mol. The van der Waals surface area contributed by atoms with Gasteiger partial charge in [-0.25, -0.2) is 17.7 Å². The molecule has 1 amide bonds. The topological polar surface area (TPSA) is 103 Å². The Balaban J connectivity index is 1.35. The van der Waals surface area contributed by atoms with Crippen molar-refractivity contribution in [2.75, 3.05) is 33.9 Å². The van der Waals surface area contributed by atoms with Crippen LogP contribution >= 0.6 is 0 Å². The first-order valence-electron chi connectivity index (χ1n) is 12.6. The Bertz CT molecular complexity index is 1310. The molecule has 0 saturated carbocycles. The fourth-order valence-corrected chi connectivity index (χ4v) is 5.76. The molecule has 0 aliphatic rings. The number of aromatic nitrogens is 2. The number of imidazole rings is 1. The van der Waals surface area contributed by atoms with E-state index in [1.54, 1.807) is 40.1 Å². The molecule has 9 nitrogen and oxygen atoms in total. The van der Waals surface area contributed by atoms with Crippen molar-refractivity contribution in [3.63, 3.8) is 0 Å². The van der Waals surface area contributed by atoms with Crippen LogP contribution in [0.1, 0.15) is 35.4 Å². The van der Waals surface area contributed by atoms with Crippen molar-refractivity contribution in [2.24, 2.45) is 7.05 Å². The third-order valence-corrected chi connectivity index (χ3v) is 8.58. The number of benzene rings is 2. The summed E-state index contributed by atoms with van der Waals surface area (Å²) in [7, 11) is 1.46. The molecule has 0 unspecified atom stereocenters. The molecule has 206 valence electrons. The van der Waals surface area contributed by atoms with Crippen LogP contribution in [0.15, 0.2) is 47.5 Å². The van der Waals surface area contributed by atoms with Gasteiger partial charge in [-0.15, -0.1) is 0 Å². The molecule has 38 heavy (non-hydrogen) atoms. The lowest BCUT2D eigenvalue weighted by Crippen LogP contribution is -2.30. The Morgan fingerprint density at radius 3 is 2.32 bits per heavy atom. The molecule has 0 aliphatic heterocycles. The van der Waals surface area contributed by atoms with E-state index >= 15 is 0 Å². The van der Waals surface area contributed by atoms with Crippen LogP contribution in [0, 0.1) is 20.8 Å². The molecule has 0 saturated heterocycles. The van der Waals surface area contributed by atoms with Crippen molar-refractivity contribution in [3.05, 3.63) is 65.1 Å². The molecule has 0 radical (unpaired) electrons. The molecule has 0 spiro atoms. The van der Waals surface area contributed by atoms with Crippen molar-refractivity contribution in [3.8, 4) is 17.0 Å². The minimum atomic E-state index is -3.63. The first kappa shape index (κ1) is 29.3. The van der Waals surface area contributed by atoms with E-state index in [1.165, 1.54) is 4.31 Å². The van der Waals surface area contributed by atoms with Crippen molar-refractivity contribution in [1.29, 1.82) is 0 Å². The SMILES string of the molecule is COc1cc(C)c(S(=O)(=O)N(C)CCCOCCC(=O)NCc2ccc(-c3cn(C)c(C)n3)cc2)c(C)c1. The largest absolute Gasteiger partial charge is 0.497 e. The molecule has 2 aromatic carbocycles. The average Bonchev–Trinajstić information content (AvgIpc) is 3.22. The molecular formula is C28H38N4O5S. The zero-order valence-electron chi connectivity index (χ0n) is 23.1. The molecule has 0 aliphatic carbocycles. The lowest BCUT2D eigenvalue weighted by Gasteiger charge is -2.20. The summed E-state index contributed by atoms with van der Waals surface area (Å²) < 4.78 is 40.2. The summed E-state index contributed by atoms with van der Waals surface area (Å²) in [6.45, 7) is 6.89. The minimum absolute atomic E-state index is 0.0976. The molecule has 0 fully saturated rings. The van der Waals surface area contributed by atoms with Gasteiger partial charge in [-0.3, -0.25) is 4.79 Å². The van der Waals surface area contributed by atoms with E-state index in [0.29, 0.717) is 47.9 Å². The number of ether oxygens (including phenoxy) is 2. The van der Waals surface area contributed by atoms with Crippen LogP contribution < -0.4 is 10.1 Å². The lowest BCUT2D eigenvalue weighted by atomic mass is 10.1. The van der Waals surface area contributed by atoms with E-state index < -0.39 is 10.0 Å². The highest BCUT2D eigenvalue weighted by atomic mass is 32.2. The summed E-state index contributed by atoms with van der Waals surface area (Å²) >= 11 is 0. The third-order valence-electron chi connectivity index (χ3n) is 6.42. The number of hydrogen-bond acceptors (Lipinski definition) is 6. The number of carbonyl (C=O) groups excluding carboxylic acids is 1. The van der Waals surface area contributed by atoms with Crippen LogP contribution in [0.4, 0.5) is 0 Å². The number of hydrogen-bond donors (Lipinski definition) is 1. The summed E-state index contributed by atoms with van der Waals surface area (Å²) in [5.41, 5.74) is 4.25. The second kappa shape index (κ2) is 13.0. The first-order chi connectivity index (χ1) is 18.0. The number of rotatable bonds is 13. The highest BCUT2D eigenvalue weighted by molar-refractivity contribution is 7.89. The molecule has 1 aromatic heterocycles. The Morgan fingerprint density at radius 1 is 1.08 bits per heavy atom. The van der Waals surface area contributed by atoms with Gasteiger partial charge in [-0.2, -0.15) is 0 Å². The molecule has 0 atom stereocenters. The van der Waals surface area contributed by atoms with Gasteiger partial charge in [-0.05, 0) is 56.0 Å². The van der Waals surface area contributed by atoms with Gasteiger partial charge < -0.3 is 19.4 Å². The van der Waals surface area contributed by atoms with E-state index in [2.05, 4.69) is 10.3 Å². The van der Waals surface area contributed by atoms with Crippen molar-refractivity contribution >= 4 is 15.9 Å². The van der Waals surface area contributed by atoms with Crippen LogP contribution in [-0.4, -0.2) is 62.1 Å². The van der Waals surface area contributed by atoms with Crippen LogP contribution in [0.25, 0.3) is 11.3 Å². The highest BCUT2D eigenvalue weighted by Gasteiger charge is 2.25. The summed E-state index contributed by atoms with van der Waals surface area (Å²) in [4.78, 5) is 17.0. The van der Waals surface area contributed by atoms with Crippen molar-refractivity contribution in [1.82, 2.24) is 19.2 Å². The number of carbonyl (C=O) groups is 1. The molecule has 1 heterocycles. The monoisotopic (exact) mass is 542 g/mol. The van der Waals surface area contributed by atoms with Gasteiger partial charge in [0.05, 0.1) is 24.3 Å². The van der Waals surface area contributed by atoms with Gasteiger partial charge in [0.25, 0.3) is 0 Å². The Kier molecular flexibility index (Phi) is 10.1. The zero-order valence-corrected chi connectivity index (χ0v) is 23.9. The van der Waals surface area contributed by atoms with E-state index in [4.69, 9.17) is 9.47 Å². The number of aryl methyl sites for hydroxylation is 4. The lowest BCUT2D eigenvalue weighted by molar-refractivity contribution is -0.122. The quantitative estimate of drug-likeness (QED) is 0.330. The number of amides is 1. The van der Waals surface area contributed by atoms with Gasteiger partial charge in [-0.1, -0.05) is 24.3 Å². The molecule has 3 rings (SSSR count). The predicted molar refractivity (Wildman–Crippen MR) is 148 cm³/mol. The maximum absolute atomic E-state index is 13.1. The van der Waals surface area contributed by atoms with Crippen molar-refractivity contribution in [2.45, 2.75) is 45.1 Å². The normalized spacial score (nSPS) is 11.7. The van der Waals surface area contributed by atoms with Crippen LogP contribution in [0.2, 0.25) is 0 Å². The van der Waals surface area contributed by atoms with Gasteiger partial charge in [0.1, 0.15) is 11.6 Å². The number of nitrogens with zero attached hydrogens (tertiary/aromatic N) is 3. The van der Waals surface area contributed by atoms with E-state index in [9.17, 15) is 13.2 Å². The third kappa shape index (κ3) is 7.43. The summed E-state index contributed by atoms with van der Waals surface area (Å²) in [5, 5.41) is 2.90. The second-order valence-electron chi connectivity index (χ2n) is 9.39. The summed E-state index contributed by atoms with van der Waals surface area (Å²) in [6, 6.07) is 11.4.